The fourth-order valence-electron chi connectivity index (χ4n) is 2.09. The van der Waals surface area contributed by atoms with Crippen molar-refractivity contribution >= 4 is 28.1 Å². The lowest BCUT2D eigenvalue weighted by Gasteiger charge is -2.12. The predicted octanol–water partition coefficient (Wildman–Crippen LogP) is 2.23. The summed E-state index contributed by atoms with van der Waals surface area (Å²) in [6, 6.07) is 12.0. The number of nitrogens with one attached hydrogen (secondary N) is 1. The number of rotatable bonds is 7. The standard InChI is InChI=1S/C16H20N2O4S.ClH/c1-21-14-7-8-15(22-2)16(11-14)23(19,20)18-10-9-12-3-5-13(17)6-4-12;/h3-8,11,18H,9-10,17H2,1-2H3;1H. The van der Waals surface area contributed by atoms with Crippen LogP contribution in [0.1, 0.15) is 5.56 Å². The van der Waals surface area contributed by atoms with Gasteiger partial charge >= 0.3 is 0 Å². The van der Waals surface area contributed by atoms with E-state index >= 15 is 0 Å². The number of ether oxygens (including phenoxy) is 2. The van der Waals surface area contributed by atoms with Gasteiger partial charge in [0.05, 0.1) is 14.2 Å². The summed E-state index contributed by atoms with van der Waals surface area (Å²) in [5, 5.41) is 0. The van der Waals surface area contributed by atoms with E-state index in [2.05, 4.69) is 4.72 Å². The van der Waals surface area contributed by atoms with Gasteiger partial charge in [-0.1, -0.05) is 12.1 Å². The van der Waals surface area contributed by atoms with Crippen LogP contribution in [-0.2, 0) is 16.4 Å². The molecule has 6 nitrogen and oxygen atoms in total. The highest BCUT2D eigenvalue weighted by Crippen LogP contribution is 2.27. The molecular formula is C16H21ClN2O4S. The minimum Gasteiger partial charge on any atom is -0.497 e. The first-order chi connectivity index (χ1) is 11.0. The molecular weight excluding hydrogens is 352 g/mol. The van der Waals surface area contributed by atoms with E-state index in [4.69, 9.17) is 15.2 Å². The van der Waals surface area contributed by atoms with Gasteiger partial charge in [0, 0.05) is 18.3 Å². The van der Waals surface area contributed by atoms with Crippen molar-refractivity contribution < 1.29 is 17.9 Å². The lowest BCUT2D eigenvalue weighted by Crippen LogP contribution is -2.26. The summed E-state index contributed by atoms with van der Waals surface area (Å²) in [5.41, 5.74) is 7.30. The largest absolute Gasteiger partial charge is 0.497 e. The van der Waals surface area contributed by atoms with Crippen molar-refractivity contribution in [1.29, 1.82) is 0 Å². The summed E-state index contributed by atoms with van der Waals surface area (Å²) in [7, 11) is -0.789. The Hall–Kier alpha value is -1.96. The molecule has 0 saturated heterocycles. The summed E-state index contributed by atoms with van der Waals surface area (Å²) in [5.74, 6) is 0.718. The van der Waals surface area contributed by atoms with Crippen molar-refractivity contribution in [3.8, 4) is 11.5 Å². The number of hydrogen-bond donors (Lipinski definition) is 2. The zero-order valence-corrected chi connectivity index (χ0v) is 15.1. The van der Waals surface area contributed by atoms with Gasteiger partial charge in [0.2, 0.25) is 10.0 Å². The average Bonchev–Trinajstić information content (AvgIpc) is 2.56. The molecule has 3 N–H and O–H groups in total. The fraction of sp³-hybridized carbons (Fsp3) is 0.250. The smallest absolute Gasteiger partial charge is 0.244 e. The molecule has 0 unspecified atom stereocenters. The van der Waals surface area contributed by atoms with E-state index in [1.165, 1.54) is 20.3 Å². The van der Waals surface area contributed by atoms with E-state index in [0.717, 1.165) is 5.56 Å². The molecule has 0 heterocycles. The highest BCUT2D eigenvalue weighted by atomic mass is 35.5. The van der Waals surface area contributed by atoms with E-state index in [1.54, 1.807) is 24.3 Å². The first kappa shape index (κ1) is 20.1. The summed E-state index contributed by atoms with van der Waals surface area (Å²) in [6.45, 7) is 0.270. The van der Waals surface area contributed by atoms with Crippen LogP contribution in [0.3, 0.4) is 0 Å². The van der Waals surface area contributed by atoms with Crippen LogP contribution in [-0.4, -0.2) is 29.2 Å². The first-order valence-corrected chi connectivity index (χ1v) is 8.50. The molecule has 0 saturated carbocycles. The Labute approximate surface area is 148 Å². The van der Waals surface area contributed by atoms with Crippen LogP contribution in [0.25, 0.3) is 0 Å². The maximum Gasteiger partial charge on any atom is 0.244 e. The molecule has 0 radical (unpaired) electrons. The third-order valence-electron chi connectivity index (χ3n) is 3.35. The number of anilines is 1. The number of halogens is 1. The molecule has 132 valence electrons. The van der Waals surface area contributed by atoms with Crippen molar-refractivity contribution in [2.75, 3.05) is 26.5 Å². The molecule has 0 atom stereocenters. The Kier molecular flexibility index (Phi) is 7.34. The maximum absolute atomic E-state index is 12.5. The summed E-state index contributed by atoms with van der Waals surface area (Å²) < 4.78 is 37.7. The van der Waals surface area contributed by atoms with Crippen LogP contribution in [0.5, 0.6) is 11.5 Å². The van der Waals surface area contributed by atoms with E-state index in [1.807, 2.05) is 12.1 Å². The van der Waals surface area contributed by atoms with Crippen LogP contribution in [0.15, 0.2) is 47.4 Å². The third kappa shape index (κ3) is 5.02. The normalized spacial score (nSPS) is 10.8. The lowest BCUT2D eigenvalue weighted by molar-refractivity contribution is 0.392. The van der Waals surface area contributed by atoms with E-state index < -0.39 is 10.0 Å². The molecule has 24 heavy (non-hydrogen) atoms. The molecule has 0 aliphatic heterocycles. The van der Waals surface area contributed by atoms with Gasteiger partial charge in [-0.05, 0) is 36.2 Å². The second-order valence-electron chi connectivity index (χ2n) is 4.91. The van der Waals surface area contributed by atoms with Gasteiger partial charge in [-0.3, -0.25) is 0 Å². The minimum atomic E-state index is -3.69. The molecule has 2 rings (SSSR count). The molecule has 2 aromatic carbocycles. The topological polar surface area (TPSA) is 90.6 Å². The highest BCUT2D eigenvalue weighted by molar-refractivity contribution is 7.89. The Bertz CT molecular complexity index is 764. The quantitative estimate of drug-likeness (QED) is 0.727. The summed E-state index contributed by atoms with van der Waals surface area (Å²) >= 11 is 0. The molecule has 0 amide bonds. The Morgan fingerprint density at radius 2 is 1.71 bits per heavy atom. The summed E-state index contributed by atoms with van der Waals surface area (Å²) in [6.07, 6.45) is 0.561. The molecule has 0 bridgehead atoms. The Balaban J connectivity index is 0.00000288. The van der Waals surface area contributed by atoms with Crippen LogP contribution >= 0.6 is 12.4 Å². The number of methoxy groups -OCH3 is 2. The van der Waals surface area contributed by atoms with Crippen molar-refractivity contribution in [2.45, 2.75) is 11.3 Å². The van der Waals surface area contributed by atoms with Gasteiger partial charge in [0.25, 0.3) is 0 Å². The fourth-order valence-corrected chi connectivity index (χ4v) is 3.30. The zero-order valence-electron chi connectivity index (χ0n) is 13.5. The van der Waals surface area contributed by atoms with Crippen molar-refractivity contribution in [2.24, 2.45) is 0 Å². The number of nitrogens with two attached hydrogens (primary N) is 1. The molecule has 2 aromatic rings. The second-order valence-corrected chi connectivity index (χ2v) is 6.64. The van der Waals surface area contributed by atoms with E-state index in [-0.39, 0.29) is 29.6 Å². The predicted molar refractivity (Wildman–Crippen MR) is 96.5 cm³/mol. The highest BCUT2D eigenvalue weighted by Gasteiger charge is 2.20. The van der Waals surface area contributed by atoms with E-state index in [0.29, 0.717) is 17.9 Å². The van der Waals surface area contributed by atoms with Gasteiger partial charge in [0.15, 0.2) is 0 Å². The van der Waals surface area contributed by atoms with Crippen LogP contribution < -0.4 is 19.9 Å². The van der Waals surface area contributed by atoms with Crippen LogP contribution in [0.2, 0.25) is 0 Å². The zero-order chi connectivity index (χ0) is 16.9. The van der Waals surface area contributed by atoms with Gasteiger partial charge in [-0.15, -0.1) is 12.4 Å². The number of nitrogen functional groups attached to an aromatic ring is 1. The van der Waals surface area contributed by atoms with Crippen LogP contribution in [0, 0.1) is 0 Å². The molecule has 0 aliphatic rings. The van der Waals surface area contributed by atoms with Crippen LogP contribution in [0.4, 0.5) is 5.69 Å². The molecule has 0 aliphatic carbocycles. The first-order valence-electron chi connectivity index (χ1n) is 7.02. The molecule has 0 aromatic heterocycles. The summed E-state index contributed by atoms with van der Waals surface area (Å²) in [4.78, 5) is 0.0525. The van der Waals surface area contributed by atoms with Crippen molar-refractivity contribution in [3.63, 3.8) is 0 Å². The van der Waals surface area contributed by atoms with Gasteiger partial charge in [-0.2, -0.15) is 0 Å². The lowest BCUT2D eigenvalue weighted by atomic mass is 10.1. The van der Waals surface area contributed by atoms with Crippen molar-refractivity contribution in [3.05, 3.63) is 48.0 Å². The Morgan fingerprint density at radius 3 is 2.29 bits per heavy atom. The SMILES string of the molecule is COc1ccc(OC)c(S(=O)(=O)NCCc2ccc(N)cc2)c1.Cl. The average molecular weight is 373 g/mol. The number of sulfonamides is 1. The Morgan fingerprint density at radius 1 is 1.04 bits per heavy atom. The second kappa shape index (κ2) is 8.77. The molecule has 0 fully saturated rings. The third-order valence-corrected chi connectivity index (χ3v) is 4.83. The number of hydrogen-bond acceptors (Lipinski definition) is 5. The minimum absolute atomic E-state index is 0. The molecule has 0 spiro atoms. The van der Waals surface area contributed by atoms with Gasteiger partial charge in [-0.25, -0.2) is 13.1 Å². The van der Waals surface area contributed by atoms with Gasteiger partial charge in [0.1, 0.15) is 16.4 Å². The molecule has 8 heteroatoms. The van der Waals surface area contributed by atoms with Gasteiger partial charge < -0.3 is 15.2 Å². The van der Waals surface area contributed by atoms with Crippen molar-refractivity contribution in [1.82, 2.24) is 4.72 Å². The maximum atomic E-state index is 12.5. The number of benzene rings is 2. The monoisotopic (exact) mass is 372 g/mol. The van der Waals surface area contributed by atoms with E-state index in [9.17, 15) is 8.42 Å².